The molecule has 1 aromatic heterocycles. The van der Waals surface area contributed by atoms with E-state index in [0.29, 0.717) is 5.82 Å². The van der Waals surface area contributed by atoms with Crippen LogP contribution in [0.3, 0.4) is 0 Å². The van der Waals surface area contributed by atoms with E-state index in [2.05, 4.69) is 9.82 Å². The standard InChI is InChI=1S/C13H17N3O2S/c1-9-5-6-10(2)12(7-9)16-13(8-11(3)14-16)15-19(4,17)18/h5-8,15H,1-4H3. The van der Waals surface area contributed by atoms with E-state index in [1.165, 1.54) is 0 Å². The van der Waals surface area contributed by atoms with Crippen LogP contribution in [-0.4, -0.2) is 24.5 Å². The van der Waals surface area contributed by atoms with Gasteiger partial charge in [0.05, 0.1) is 17.6 Å². The largest absolute Gasteiger partial charge is 0.267 e. The molecule has 102 valence electrons. The van der Waals surface area contributed by atoms with Crippen molar-refractivity contribution in [2.45, 2.75) is 20.8 Å². The van der Waals surface area contributed by atoms with E-state index >= 15 is 0 Å². The van der Waals surface area contributed by atoms with E-state index in [4.69, 9.17) is 0 Å². The zero-order valence-corrected chi connectivity index (χ0v) is 12.2. The predicted molar refractivity (Wildman–Crippen MR) is 76.2 cm³/mol. The molecule has 0 aliphatic rings. The molecule has 0 radical (unpaired) electrons. The van der Waals surface area contributed by atoms with Gasteiger partial charge in [-0.2, -0.15) is 5.10 Å². The number of benzene rings is 1. The summed E-state index contributed by atoms with van der Waals surface area (Å²) < 4.78 is 26.9. The van der Waals surface area contributed by atoms with Gasteiger partial charge in [-0.3, -0.25) is 4.72 Å². The molecule has 0 saturated heterocycles. The number of aryl methyl sites for hydroxylation is 3. The molecule has 0 spiro atoms. The van der Waals surface area contributed by atoms with Crippen LogP contribution in [0.4, 0.5) is 5.82 Å². The predicted octanol–water partition coefficient (Wildman–Crippen LogP) is 2.17. The van der Waals surface area contributed by atoms with Crippen molar-refractivity contribution in [2.75, 3.05) is 11.0 Å². The van der Waals surface area contributed by atoms with Crippen molar-refractivity contribution in [3.05, 3.63) is 41.1 Å². The number of sulfonamides is 1. The molecule has 0 aliphatic carbocycles. The Bertz CT molecular complexity index is 717. The van der Waals surface area contributed by atoms with Gasteiger partial charge in [-0.25, -0.2) is 13.1 Å². The minimum absolute atomic E-state index is 0.453. The zero-order valence-electron chi connectivity index (χ0n) is 11.4. The first kappa shape index (κ1) is 13.6. The van der Waals surface area contributed by atoms with E-state index in [0.717, 1.165) is 28.8 Å². The number of nitrogens with zero attached hydrogens (tertiary/aromatic N) is 2. The van der Waals surface area contributed by atoms with Gasteiger partial charge in [-0.15, -0.1) is 0 Å². The second-order valence-electron chi connectivity index (χ2n) is 4.75. The lowest BCUT2D eigenvalue weighted by molar-refractivity contribution is 0.606. The monoisotopic (exact) mass is 279 g/mol. The maximum atomic E-state index is 11.4. The Labute approximate surface area is 113 Å². The van der Waals surface area contributed by atoms with Crippen LogP contribution < -0.4 is 4.72 Å². The second-order valence-corrected chi connectivity index (χ2v) is 6.50. The number of nitrogens with one attached hydrogen (secondary N) is 1. The Morgan fingerprint density at radius 2 is 1.84 bits per heavy atom. The second kappa shape index (κ2) is 4.70. The van der Waals surface area contributed by atoms with E-state index in [9.17, 15) is 8.42 Å². The first-order chi connectivity index (χ1) is 8.76. The fraction of sp³-hybridized carbons (Fsp3) is 0.308. The van der Waals surface area contributed by atoms with Crippen molar-refractivity contribution in [2.24, 2.45) is 0 Å². The van der Waals surface area contributed by atoms with Crippen LogP contribution in [0.1, 0.15) is 16.8 Å². The Morgan fingerprint density at radius 1 is 1.16 bits per heavy atom. The summed E-state index contributed by atoms with van der Waals surface area (Å²) in [6.07, 6.45) is 1.13. The van der Waals surface area contributed by atoms with Gasteiger partial charge in [0, 0.05) is 6.07 Å². The van der Waals surface area contributed by atoms with Crippen LogP contribution in [0.5, 0.6) is 0 Å². The third-order valence-corrected chi connectivity index (χ3v) is 3.29. The van der Waals surface area contributed by atoms with Crippen LogP contribution in [-0.2, 0) is 10.0 Å². The van der Waals surface area contributed by atoms with Gasteiger partial charge in [0.2, 0.25) is 10.0 Å². The van der Waals surface area contributed by atoms with Crippen molar-refractivity contribution in [3.63, 3.8) is 0 Å². The van der Waals surface area contributed by atoms with Gasteiger partial charge in [0.15, 0.2) is 0 Å². The Kier molecular flexibility index (Phi) is 3.36. The van der Waals surface area contributed by atoms with Crippen LogP contribution in [0.2, 0.25) is 0 Å². The van der Waals surface area contributed by atoms with Gasteiger partial charge >= 0.3 is 0 Å². The molecule has 2 aromatic rings. The molecule has 0 atom stereocenters. The molecule has 0 bridgehead atoms. The number of anilines is 1. The van der Waals surface area contributed by atoms with Crippen LogP contribution in [0.25, 0.3) is 5.69 Å². The number of aromatic nitrogens is 2. The first-order valence-corrected chi connectivity index (χ1v) is 7.77. The third kappa shape index (κ3) is 3.14. The van der Waals surface area contributed by atoms with Crippen molar-refractivity contribution in [3.8, 4) is 5.69 Å². The Balaban J connectivity index is 2.59. The lowest BCUT2D eigenvalue weighted by Crippen LogP contribution is -2.14. The third-order valence-electron chi connectivity index (χ3n) is 2.71. The van der Waals surface area contributed by atoms with E-state index in [1.807, 2.05) is 39.0 Å². The summed E-state index contributed by atoms with van der Waals surface area (Å²) >= 11 is 0. The van der Waals surface area contributed by atoms with Gasteiger partial charge in [0.1, 0.15) is 5.82 Å². The van der Waals surface area contributed by atoms with Gasteiger partial charge < -0.3 is 0 Å². The van der Waals surface area contributed by atoms with E-state index in [-0.39, 0.29) is 0 Å². The Morgan fingerprint density at radius 3 is 2.47 bits per heavy atom. The molecule has 5 nitrogen and oxygen atoms in total. The molecular formula is C13H17N3O2S. The molecular weight excluding hydrogens is 262 g/mol. The number of hydrogen-bond donors (Lipinski definition) is 1. The van der Waals surface area contributed by atoms with E-state index in [1.54, 1.807) is 10.7 Å². The molecule has 0 saturated carbocycles. The van der Waals surface area contributed by atoms with Crippen molar-refractivity contribution in [1.29, 1.82) is 0 Å². The first-order valence-electron chi connectivity index (χ1n) is 5.88. The molecule has 0 amide bonds. The molecule has 1 heterocycles. The summed E-state index contributed by atoms with van der Waals surface area (Å²) in [5, 5.41) is 4.36. The van der Waals surface area contributed by atoms with Crippen molar-refractivity contribution >= 4 is 15.8 Å². The van der Waals surface area contributed by atoms with Crippen LogP contribution in [0.15, 0.2) is 24.3 Å². The lowest BCUT2D eigenvalue weighted by atomic mass is 10.1. The average molecular weight is 279 g/mol. The Hall–Kier alpha value is -1.82. The fourth-order valence-corrected chi connectivity index (χ4v) is 2.42. The summed E-state index contributed by atoms with van der Waals surface area (Å²) in [4.78, 5) is 0. The smallest absolute Gasteiger partial charge is 0.230 e. The van der Waals surface area contributed by atoms with E-state index < -0.39 is 10.0 Å². The quantitative estimate of drug-likeness (QED) is 0.936. The molecule has 2 rings (SSSR count). The van der Waals surface area contributed by atoms with Gasteiger partial charge in [-0.1, -0.05) is 12.1 Å². The molecule has 19 heavy (non-hydrogen) atoms. The maximum Gasteiger partial charge on any atom is 0.230 e. The highest BCUT2D eigenvalue weighted by Crippen LogP contribution is 2.21. The fourth-order valence-electron chi connectivity index (χ4n) is 1.89. The molecule has 6 heteroatoms. The van der Waals surface area contributed by atoms with Gasteiger partial charge in [0.25, 0.3) is 0 Å². The van der Waals surface area contributed by atoms with Crippen molar-refractivity contribution in [1.82, 2.24) is 9.78 Å². The summed E-state index contributed by atoms with van der Waals surface area (Å²) in [7, 11) is -3.33. The summed E-state index contributed by atoms with van der Waals surface area (Å²) in [5.74, 6) is 0.453. The molecule has 0 unspecified atom stereocenters. The molecule has 0 aliphatic heterocycles. The summed E-state index contributed by atoms with van der Waals surface area (Å²) in [6, 6.07) is 7.70. The molecule has 1 aromatic carbocycles. The lowest BCUT2D eigenvalue weighted by Gasteiger charge is -2.11. The number of rotatable bonds is 3. The highest BCUT2D eigenvalue weighted by atomic mass is 32.2. The maximum absolute atomic E-state index is 11.4. The molecule has 0 fully saturated rings. The molecule has 1 N–H and O–H groups in total. The normalized spacial score (nSPS) is 11.6. The highest BCUT2D eigenvalue weighted by Gasteiger charge is 2.13. The minimum Gasteiger partial charge on any atom is -0.267 e. The highest BCUT2D eigenvalue weighted by molar-refractivity contribution is 7.92. The summed E-state index contributed by atoms with van der Waals surface area (Å²) in [6.45, 7) is 5.79. The number of hydrogen-bond acceptors (Lipinski definition) is 3. The zero-order chi connectivity index (χ0) is 14.2. The summed E-state index contributed by atoms with van der Waals surface area (Å²) in [5.41, 5.74) is 3.76. The topological polar surface area (TPSA) is 64.0 Å². The minimum atomic E-state index is -3.33. The average Bonchev–Trinajstić information content (AvgIpc) is 2.60. The van der Waals surface area contributed by atoms with Crippen molar-refractivity contribution < 1.29 is 8.42 Å². The van der Waals surface area contributed by atoms with Crippen LogP contribution >= 0.6 is 0 Å². The SMILES string of the molecule is Cc1ccc(C)c(-n2nc(C)cc2NS(C)(=O)=O)c1. The van der Waals surface area contributed by atoms with Crippen LogP contribution in [0, 0.1) is 20.8 Å². The van der Waals surface area contributed by atoms with Gasteiger partial charge in [-0.05, 0) is 38.0 Å².